The Bertz CT molecular complexity index is 244. The van der Waals surface area contributed by atoms with E-state index in [1.165, 1.54) is 13.1 Å². The molecule has 0 spiro atoms. The van der Waals surface area contributed by atoms with E-state index in [4.69, 9.17) is 10.5 Å². The minimum Gasteiger partial charge on any atom is -0.383 e. The second kappa shape index (κ2) is 11.7. The fourth-order valence-electron chi connectivity index (χ4n) is 1.98. The van der Waals surface area contributed by atoms with Crippen molar-refractivity contribution in [1.29, 1.82) is 0 Å². The third kappa shape index (κ3) is 8.61. The summed E-state index contributed by atoms with van der Waals surface area (Å²) in [4.78, 5) is 9.22. The number of guanidine groups is 1. The maximum Gasteiger partial charge on any atom is 0.188 e. The van der Waals surface area contributed by atoms with Crippen LogP contribution in [0.4, 0.5) is 0 Å². The second-order valence-electron chi connectivity index (χ2n) is 4.46. The first-order valence-electron chi connectivity index (χ1n) is 6.73. The first-order chi connectivity index (χ1) is 8.76. The van der Waals surface area contributed by atoms with Gasteiger partial charge < -0.3 is 20.7 Å². The standard InChI is InChI=1S/C12H27N5O.HI/c1-3-16-7-9-17(10-8-16)6-4-14-12(13)15-5-11-18-2;/h3-11H2,1-2H3,(H3,13,14,15);1H. The number of likely N-dealkylation sites (N-methyl/N-ethyl adjacent to an activating group) is 1. The lowest BCUT2D eigenvalue weighted by molar-refractivity contribution is 0.140. The Labute approximate surface area is 133 Å². The highest BCUT2D eigenvalue weighted by molar-refractivity contribution is 14.0. The van der Waals surface area contributed by atoms with Gasteiger partial charge >= 0.3 is 0 Å². The number of hydrogen-bond acceptors (Lipinski definition) is 4. The van der Waals surface area contributed by atoms with Crippen molar-refractivity contribution in [3.05, 3.63) is 0 Å². The number of aliphatic imine (C=N–C) groups is 1. The summed E-state index contributed by atoms with van der Waals surface area (Å²) in [5, 5.41) is 3.01. The highest BCUT2D eigenvalue weighted by Crippen LogP contribution is 2.00. The van der Waals surface area contributed by atoms with E-state index in [0.29, 0.717) is 19.1 Å². The van der Waals surface area contributed by atoms with Crippen LogP contribution in [0.1, 0.15) is 6.92 Å². The monoisotopic (exact) mass is 385 g/mol. The molecule has 19 heavy (non-hydrogen) atoms. The van der Waals surface area contributed by atoms with Gasteiger partial charge in [-0.1, -0.05) is 6.92 Å². The molecule has 0 atom stereocenters. The average molecular weight is 385 g/mol. The van der Waals surface area contributed by atoms with Crippen LogP contribution in [0.3, 0.4) is 0 Å². The van der Waals surface area contributed by atoms with Crippen molar-refractivity contribution in [2.75, 3.05) is 66.1 Å². The van der Waals surface area contributed by atoms with Crippen molar-refractivity contribution in [3.63, 3.8) is 0 Å². The van der Waals surface area contributed by atoms with Crippen LogP contribution in [0.2, 0.25) is 0 Å². The molecular weight excluding hydrogens is 357 g/mol. The smallest absolute Gasteiger partial charge is 0.188 e. The first kappa shape index (κ1) is 18.9. The van der Waals surface area contributed by atoms with E-state index in [-0.39, 0.29) is 24.0 Å². The summed E-state index contributed by atoms with van der Waals surface area (Å²) in [5.41, 5.74) is 5.73. The van der Waals surface area contributed by atoms with Crippen molar-refractivity contribution in [2.45, 2.75) is 6.92 Å². The molecule has 0 bridgehead atoms. The molecule has 1 saturated heterocycles. The van der Waals surface area contributed by atoms with E-state index < -0.39 is 0 Å². The van der Waals surface area contributed by atoms with E-state index in [2.05, 4.69) is 27.0 Å². The summed E-state index contributed by atoms with van der Waals surface area (Å²) in [6.45, 7) is 11.1. The summed E-state index contributed by atoms with van der Waals surface area (Å²) in [6.07, 6.45) is 0. The van der Waals surface area contributed by atoms with Crippen molar-refractivity contribution in [1.82, 2.24) is 15.1 Å². The molecule has 114 valence electrons. The molecule has 0 aromatic heterocycles. The number of nitrogens with one attached hydrogen (secondary N) is 1. The zero-order chi connectivity index (χ0) is 13.2. The average Bonchev–Trinajstić information content (AvgIpc) is 2.40. The van der Waals surface area contributed by atoms with E-state index in [9.17, 15) is 0 Å². The lowest BCUT2D eigenvalue weighted by Crippen LogP contribution is -2.47. The van der Waals surface area contributed by atoms with Gasteiger partial charge in [-0.25, -0.2) is 0 Å². The van der Waals surface area contributed by atoms with Crippen molar-refractivity contribution in [2.24, 2.45) is 10.7 Å². The molecule has 7 heteroatoms. The van der Waals surface area contributed by atoms with Gasteiger partial charge in [0.15, 0.2) is 5.96 Å². The topological polar surface area (TPSA) is 66.1 Å². The van der Waals surface area contributed by atoms with Gasteiger partial charge in [-0.15, -0.1) is 24.0 Å². The number of nitrogens with two attached hydrogens (primary N) is 1. The molecule has 1 fully saturated rings. The summed E-state index contributed by atoms with van der Waals surface area (Å²) < 4.78 is 4.93. The van der Waals surface area contributed by atoms with Crippen LogP contribution >= 0.6 is 24.0 Å². The van der Waals surface area contributed by atoms with Crippen LogP contribution in [0, 0.1) is 0 Å². The summed E-state index contributed by atoms with van der Waals surface area (Å²) >= 11 is 0. The number of nitrogens with zero attached hydrogens (tertiary/aromatic N) is 3. The molecule has 0 radical (unpaired) electrons. The van der Waals surface area contributed by atoms with E-state index in [1.807, 2.05) is 0 Å². The molecule has 0 amide bonds. The largest absolute Gasteiger partial charge is 0.383 e. The zero-order valence-electron chi connectivity index (χ0n) is 12.1. The molecule has 3 N–H and O–H groups in total. The minimum absolute atomic E-state index is 0. The predicted octanol–water partition coefficient (Wildman–Crippen LogP) is -0.207. The highest BCUT2D eigenvalue weighted by Gasteiger charge is 2.14. The van der Waals surface area contributed by atoms with Crippen molar-refractivity contribution >= 4 is 29.9 Å². The molecular formula is C12H28IN5O. The van der Waals surface area contributed by atoms with Gasteiger partial charge in [-0.05, 0) is 6.54 Å². The minimum atomic E-state index is 0. The number of piperazine rings is 1. The third-order valence-corrected chi connectivity index (χ3v) is 3.22. The highest BCUT2D eigenvalue weighted by atomic mass is 127. The van der Waals surface area contributed by atoms with Crippen molar-refractivity contribution < 1.29 is 4.74 Å². The van der Waals surface area contributed by atoms with Crippen LogP contribution in [0.15, 0.2) is 4.99 Å². The van der Waals surface area contributed by atoms with Crippen LogP contribution in [0.25, 0.3) is 0 Å². The van der Waals surface area contributed by atoms with E-state index >= 15 is 0 Å². The third-order valence-electron chi connectivity index (χ3n) is 3.22. The van der Waals surface area contributed by atoms with E-state index in [1.54, 1.807) is 7.11 Å². The molecule has 0 aromatic carbocycles. The number of hydrogen-bond donors (Lipinski definition) is 2. The lowest BCUT2D eigenvalue weighted by Gasteiger charge is -2.33. The normalized spacial score (nSPS) is 18.1. The van der Waals surface area contributed by atoms with Crippen molar-refractivity contribution in [3.8, 4) is 0 Å². The summed E-state index contributed by atoms with van der Waals surface area (Å²) in [7, 11) is 1.67. The zero-order valence-corrected chi connectivity index (χ0v) is 14.4. The van der Waals surface area contributed by atoms with Gasteiger partial charge in [-0.2, -0.15) is 0 Å². The Balaban J connectivity index is 0.00000324. The van der Waals surface area contributed by atoms with Crippen LogP contribution in [-0.2, 0) is 4.74 Å². The molecule has 0 unspecified atom stereocenters. The summed E-state index contributed by atoms with van der Waals surface area (Å²) in [6, 6.07) is 0. The molecule has 0 aliphatic carbocycles. The maximum atomic E-state index is 5.73. The molecule has 1 rings (SSSR count). The molecule has 0 saturated carbocycles. The Kier molecular flexibility index (Phi) is 11.6. The Morgan fingerprint density at radius 2 is 1.89 bits per heavy atom. The maximum absolute atomic E-state index is 5.73. The lowest BCUT2D eigenvalue weighted by atomic mass is 10.3. The van der Waals surface area contributed by atoms with Crippen LogP contribution in [0.5, 0.6) is 0 Å². The predicted molar refractivity (Wildman–Crippen MR) is 90.3 cm³/mol. The van der Waals surface area contributed by atoms with Gasteiger partial charge in [0.25, 0.3) is 0 Å². The van der Waals surface area contributed by atoms with Gasteiger partial charge in [-0.3, -0.25) is 9.89 Å². The Morgan fingerprint density at radius 1 is 1.26 bits per heavy atom. The molecule has 0 aromatic rings. The molecule has 1 aliphatic rings. The fourth-order valence-corrected chi connectivity index (χ4v) is 1.98. The Morgan fingerprint density at radius 3 is 2.47 bits per heavy atom. The fraction of sp³-hybridized carbons (Fsp3) is 0.917. The van der Waals surface area contributed by atoms with Crippen LogP contribution in [-0.4, -0.2) is 81.8 Å². The molecule has 1 aliphatic heterocycles. The number of methoxy groups -OCH3 is 1. The first-order valence-corrected chi connectivity index (χ1v) is 6.73. The second-order valence-corrected chi connectivity index (χ2v) is 4.46. The number of rotatable bonds is 7. The molecule has 6 nitrogen and oxygen atoms in total. The van der Waals surface area contributed by atoms with E-state index in [0.717, 1.165) is 32.7 Å². The Hall–Kier alpha value is -0.120. The summed E-state index contributed by atoms with van der Waals surface area (Å²) in [5.74, 6) is 0.513. The van der Waals surface area contributed by atoms with Crippen LogP contribution < -0.4 is 11.1 Å². The van der Waals surface area contributed by atoms with Gasteiger partial charge in [0.2, 0.25) is 0 Å². The molecule has 1 heterocycles. The SMILES string of the molecule is CCN1CCN(CCN=C(N)NCCOC)CC1.I. The quantitative estimate of drug-likeness (QED) is 0.275. The van der Waals surface area contributed by atoms with Gasteiger partial charge in [0.1, 0.15) is 0 Å². The number of halogens is 1. The number of ether oxygens (including phenoxy) is 1. The van der Waals surface area contributed by atoms with Gasteiger partial charge in [0.05, 0.1) is 13.2 Å². The van der Waals surface area contributed by atoms with Gasteiger partial charge in [0, 0.05) is 46.4 Å².